The van der Waals surface area contributed by atoms with Crippen LogP contribution in [0.4, 0.5) is 14.5 Å². The molecule has 3 N–H and O–H groups in total. The number of nitriles is 1. The van der Waals surface area contributed by atoms with Gasteiger partial charge in [-0.3, -0.25) is 14.4 Å². The van der Waals surface area contributed by atoms with Crippen LogP contribution in [0.2, 0.25) is 0 Å². The van der Waals surface area contributed by atoms with Crippen LogP contribution in [-0.4, -0.2) is 85.6 Å². The zero-order valence-electron chi connectivity index (χ0n) is 28.4. The molecule has 0 aromatic heterocycles. The van der Waals surface area contributed by atoms with Crippen LogP contribution in [0.3, 0.4) is 0 Å². The van der Waals surface area contributed by atoms with E-state index in [1.54, 1.807) is 18.0 Å². The summed E-state index contributed by atoms with van der Waals surface area (Å²) in [6.07, 6.45) is 0.867. The van der Waals surface area contributed by atoms with E-state index in [2.05, 4.69) is 26.9 Å². The molecule has 2 aromatic rings. The summed E-state index contributed by atoms with van der Waals surface area (Å²) < 4.78 is 34.7. The second-order valence-electron chi connectivity index (χ2n) is 13.8. The molecule has 6 rings (SSSR count). The lowest BCUT2D eigenvalue weighted by atomic mass is 9.81. The van der Waals surface area contributed by atoms with E-state index in [1.807, 2.05) is 50.2 Å². The normalized spacial score (nSPS) is 25.4. The number of hydrogen-bond acceptors (Lipinski definition) is 7. The molecule has 6 atom stereocenters. The van der Waals surface area contributed by atoms with Crippen LogP contribution in [-0.2, 0) is 32.0 Å². The van der Waals surface area contributed by atoms with Gasteiger partial charge in [-0.05, 0) is 80.5 Å². The molecular formula is C37H46F2N6O4. The number of piperazine rings is 1. The van der Waals surface area contributed by atoms with E-state index in [0.29, 0.717) is 31.4 Å². The molecule has 1 saturated heterocycles. The lowest BCUT2D eigenvalue weighted by molar-refractivity contribution is -0.147. The first kappa shape index (κ1) is 34.8. The molecule has 1 saturated carbocycles. The summed E-state index contributed by atoms with van der Waals surface area (Å²) in [5, 5.41) is 18.7. The molecule has 10 nitrogen and oxygen atoms in total. The summed E-state index contributed by atoms with van der Waals surface area (Å²) in [6.45, 7) is 4.64. The monoisotopic (exact) mass is 676 g/mol. The van der Waals surface area contributed by atoms with E-state index < -0.39 is 41.9 Å². The molecule has 4 aliphatic rings. The lowest BCUT2D eigenvalue weighted by Crippen LogP contribution is -2.67. The van der Waals surface area contributed by atoms with Gasteiger partial charge in [0.25, 0.3) is 0 Å². The molecule has 2 heterocycles. The Kier molecular flexibility index (Phi) is 10.2. The minimum Gasteiger partial charge on any atom is -0.376 e. The van der Waals surface area contributed by atoms with E-state index in [-0.39, 0.29) is 62.7 Å². The quantitative estimate of drug-likeness (QED) is 0.351. The van der Waals surface area contributed by atoms with Gasteiger partial charge in [0.05, 0.1) is 35.9 Å². The minimum atomic E-state index is -2.81. The van der Waals surface area contributed by atoms with Gasteiger partial charge in [0, 0.05) is 44.6 Å². The highest BCUT2D eigenvalue weighted by atomic mass is 19.3. The van der Waals surface area contributed by atoms with Crippen molar-refractivity contribution in [2.45, 2.75) is 101 Å². The number of alkyl halides is 2. The van der Waals surface area contributed by atoms with Crippen molar-refractivity contribution in [1.82, 2.24) is 20.9 Å². The lowest BCUT2D eigenvalue weighted by Gasteiger charge is -2.46. The van der Waals surface area contributed by atoms with E-state index in [1.165, 1.54) is 0 Å². The number of amides is 3. The van der Waals surface area contributed by atoms with E-state index in [4.69, 9.17) is 4.74 Å². The summed E-state index contributed by atoms with van der Waals surface area (Å²) in [5.74, 6) is -4.47. The molecule has 2 fully saturated rings. The number of likely N-dealkylation sites (N-methyl/N-ethyl adjacent to an activating group) is 1. The van der Waals surface area contributed by atoms with Gasteiger partial charge < -0.3 is 30.5 Å². The van der Waals surface area contributed by atoms with Crippen LogP contribution in [0.15, 0.2) is 42.5 Å². The van der Waals surface area contributed by atoms with E-state index in [0.717, 1.165) is 22.4 Å². The molecule has 0 radical (unpaired) electrons. The van der Waals surface area contributed by atoms with Gasteiger partial charge in [-0.25, -0.2) is 8.78 Å². The Labute approximate surface area is 286 Å². The van der Waals surface area contributed by atoms with Crippen molar-refractivity contribution in [1.29, 1.82) is 5.26 Å². The van der Waals surface area contributed by atoms with Gasteiger partial charge in [-0.2, -0.15) is 5.26 Å². The van der Waals surface area contributed by atoms with Gasteiger partial charge in [0.1, 0.15) is 12.1 Å². The molecule has 3 amide bonds. The third kappa shape index (κ3) is 7.01. The fourth-order valence-electron chi connectivity index (χ4n) is 8.26. The Morgan fingerprint density at radius 2 is 1.82 bits per heavy atom. The summed E-state index contributed by atoms with van der Waals surface area (Å²) in [7, 11) is 1.66. The Morgan fingerprint density at radius 1 is 1.06 bits per heavy atom. The molecule has 0 unspecified atom stereocenters. The van der Waals surface area contributed by atoms with Gasteiger partial charge in [-0.15, -0.1) is 0 Å². The van der Waals surface area contributed by atoms with Crippen LogP contribution >= 0.6 is 0 Å². The summed E-state index contributed by atoms with van der Waals surface area (Å²) in [6, 6.07) is 12.5. The molecular weight excluding hydrogens is 630 g/mol. The SMILES string of the molecule is CCO[C@H]1Cc2ccccc2[C@@H]1NC(=O)[C@@H]1CN2c3ccc(C#N)cc3C[C@H]2CN1C(=O)[C@@H](NC(=O)[C@H](CC)NC)C1CCC(F)(F)CC1. The molecule has 49 heavy (non-hydrogen) atoms. The topological polar surface area (TPSA) is 127 Å². The zero-order chi connectivity index (χ0) is 34.9. The first-order valence-corrected chi connectivity index (χ1v) is 17.5. The molecule has 2 aromatic carbocycles. The molecule has 262 valence electrons. The number of carbonyl (C=O) groups is 3. The third-order valence-corrected chi connectivity index (χ3v) is 10.9. The fraction of sp³-hybridized carbons (Fsp3) is 0.568. The van der Waals surface area contributed by atoms with E-state index in [9.17, 15) is 28.4 Å². The standard InChI is InChI=1S/C37H46F2N6O4/c1-4-28(41-3)34(46)42-32(23-12-14-37(38,39)15-13-23)36(48)45-20-26-17-25-16-22(19-40)10-11-29(25)44(26)21-30(45)35(47)43-33-27-9-7-6-8-24(27)18-31(33)49-5-2/h6-11,16,23,26,28,30-33,41H,4-5,12-15,17-18,20-21H2,1-3H3,(H,42,46)(H,43,47)/t26-,28-,30-,31-,32-,33-/m0/s1. The van der Waals surface area contributed by atoms with Crippen LogP contribution in [0, 0.1) is 17.2 Å². The third-order valence-electron chi connectivity index (χ3n) is 10.9. The Balaban J connectivity index is 1.33. The molecule has 2 aliphatic carbocycles. The maximum atomic E-state index is 14.8. The Bertz CT molecular complexity index is 1600. The van der Waals surface area contributed by atoms with Crippen molar-refractivity contribution in [3.8, 4) is 6.07 Å². The first-order valence-electron chi connectivity index (χ1n) is 17.5. The van der Waals surface area contributed by atoms with Crippen LogP contribution in [0.25, 0.3) is 0 Å². The van der Waals surface area contributed by atoms with Gasteiger partial charge >= 0.3 is 0 Å². The number of anilines is 1. The van der Waals surface area contributed by atoms with Crippen LogP contribution in [0.1, 0.15) is 74.2 Å². The van der Waals surface area contributed by atoms with Gasteiger partial charge in [-0.1, -0.05) is 31.2 Å². The highest BCUT2D eigenvalue weighted by Gasteiger charge is 2.49. The van der Waals surface area contributed by atoms with Gasteiger partial charge in [0.2, 0.25) is 23.6 Å². The molecule has 12 heteroatoms. The van der Waals surface area contributed by atoms with Crippen molar-refractivity contribution in [2.75, 3.05) is 31.6 Å². The Hall–Kier alpha value is -4.08. The predicted octanol–water partition coefficient (Wildman–Crippen LogP) is 3.63. The maximum absolute atomic E-state index is 14.8. The largest absolute Gasteiger partial charge is 0.376 e. The number of rotatable bonds is 10. The van der Waals surface area contributed by atoms with Gasteiger partial charge in [0.15, 0.2) is 0 Å². The Morgan fingerprint density at radius 3 is 2.51 bits per heavy atom. The fourth-order valence-corrected chi connectivity index (χ4v) is 8.26. The summed E-state index contributed by atoms with van der Waals surface area (Å²) in [5.41, 5.74) is 4.50. The highest BCUT2D eigenvalue weighted by molar-refractivity contribution is 5.94. The van der Waals surface area contributed by atoms with Crippen molar-refractivity contribution >= 4 is 23.4 Å². The predicted molar refractivity (Wildman–Crippen MR) is 180 cm³/mol. The first-order chi connectivity index (χ1) is 23.6. The average molecular weight is 677 g/mol. The van der Waals surface area contributed by atoms with Crippen molar-refractivity contribution in [3.63, 3.8) is 0 Å². The number of hydrogen-bond donors (Lipinski definition) is 3. The number of nitrogens with zero attached hydrogens (tertiary/aromatic N) is 3. The highest BCUT2D eigenvalue weighted by Crippen LogP contribution is 2.40. The number of nitrogens with one attached hydrogen (secondary N) is 3. The summed E-state index contributed by atoms with van der Waals surface area (Å²) >= 11 is 0. The second-order valence-corrected chi connectivity index (χ2v) is 13.8. The van der Waals surface area contributed by atoms with Crippen LogP contribution < -0.4 is 20.9 Å². The number of fused-ring (bicyclic) bond motifs is 4. The number of benzene rings is 2. The molecule has 2 aliphatic heterocycles. The van der Waals surface area contributed by atoms with Crippen molar-refractivity contribution in [2.24, 2.45) is 5.92 Å². The second kappa shape index (κ2) is 14.4. The molecule has 0 spiro atoms. The summed E-state index contributed by atoms with van der Waals surface area (Å²) in [4.78, 5) is 46.4. The van der Waals surface area contributed by atoms with Crippen molar-refractivity contribution < 1.29 is 27.9 Å². The number of carbonyl (C=O) groups excluding carboxylic acids is 3. The smallest absolute Gasteiger partial charge is 0.248 e. The maximum Gasteiger partial charge on any atom is 0.248 e. The minimum absolute atomic E-state index is 0.0809. The zero-order valence-corrected chi connectivity index (χ0v) is 28.4. The number of ether oxygens (including phenoxy) is 1. The average Bonchev–Trinajstić information content (AvgIpc) is 3.63. The van der Waals surface area contributed by atoms with E-state index >= 15 is 0 Å². The molecule has 0 bridgehead atoms. The van der Waals surface area contributed by atoms with Crippen LogP contribution in [0.5, 0.6) is 0 Å². The number of halogens is 2. The van der Waals surface area contributed by atoms with Crippen molar-refractivity contribution in [3.05, 3.63) is 64.7 Å².